The van der Waals surface area contributed by atoms with Crippen LogP contribution in [0.3, 0.4) is 0 Å². The molecule has 0 bridgehead atoms. The third-order valence-corrected chi connectivity index (χ3v) is 65.6. The van der Waals surface area contributed by atoms with Gasteiger partial charge in [0.25, 0.3) is 0 Å². The Balaban J connectivity index is 1.19. The number of benzene rings is 6. The van der Waals surface area contributed by atoms with Crippen LogP contribution in [0.5, 0.6) is 0 Å². The van der Waals surface area contributed by atoms with Crippen molar-refractivity contribution in [2.75, 3.05) is 0 Å². The summed E-state index contributed by atoms with van der Waals surface area (Å²) >= 11 is -5.08. The summed E-state index contributed by atoms with van der Waals surface area (Å²) in [6.07, 6.45) is 19.4. The molecule has 0 radical (unpaired) electrons. The average molecular weight is 896 g/mol. The van der Waals surface area contributed by atoms with Crippen LogP contribution in [-0.4, -0.2) is 5.92 Å². The van der Waals surface area contributed by atoms with Crippen molar-refractivity contribution in [1.82, 2.24) is 0 Å². The first-order valence-corrected chi connectivity index (χ1v) is 38.5. The number of hydrogen-bond acceptors (Lipinski definition) is 0. The maximum atomic E-state index is 9.26. The summed E-state index contributed by atoms with van der Waals surface area (Å²) in [4.78, 5) is 0. The van der Waals surface area contributed by atoms with Crippen LogP contribution in [0.1, 0.15) is 107 Å². The fourth-order valence-corrected chi connectivity index (χ4v) is 53.6. The summed E-state index contributed by atoms with van der Waals surface area (Å²) in [6.45, 7) is 4.99. The van der Waals surface area contributed by atoms with Gasteiger partial charge in [0.05, 0.1) is 0 Å². The molecule has 4 aliphatic rings. The zero-order valence-corrected chi connectivity index (χ0v) is 39.5. The Hall–Kier alpha value is -3.00. The van der Waals surface area contributed by atoms with Crippen LogP contribution in [-0.2, 0) is 15.6 Å². The normalized spacial score (nSPS) is 20.9. The van der Waals surface area contributed by atoms with Crippen LogP contribution >= 0.6 is 17.0 Å². The van der Waals surface area contributed by atoms with Crippen molar-refractivity contribution < 1.29 is 15.6 Å². The summed E-state index contributed by atoms with van der Waals surface area (Å²) in [5.74, 6) is -0.301. The van der Waals surface area contributed by atoms with Crippen LogP contribution in [0.4, 0.5) is 0 Å². The van der Waals surface area contributed by atoms with E-state index in [1.165, 1.54) is 123 Å². The average Bonchev–Trinajstić information content (AvgIpc) is 4.08. The molecule has 0 N–H and O–H groups in total. The van der Waals surface area contributed by atoms with Crippen molar-refractivity contribution in [2.24, 2.45) is 11.8 Å². The van der Waals surface area contributed by atoms with Gasteiger partial charge in [-0.15, -0.1) is 0 Å². The molecule has 0 heterocycles. The maximum absolute atomic E-state index is 9.26. The molecule has 0 amide bonds. The number of rotatable bonds is 11. The predicted molar refractivity (Wildman–Crippen MR) is 253 cm³/mol. The van der Waals surface area contributed by atoms with Crippen LogP contribution in [0.2, 0.25) is 12.6 Å². The van der Waals surface area contributed by atoms with Crippen molar-refractivity contribution in [3.63, 3.8) is 0 Å². The standard InChI is InChI=1S/2C25H23.C4H11Si.2ClH.Zr/c2*1-2-7-18(6-1)14-19-15-22-10-5-11-24(25(22)16-19)23-13-12-20-8-3-4-9-21(20)17-23;1-3-4-5-2;;;/h2*3-5,8-13,15-18H,1-2,6-7,14H2;5H,3-4H2,1-2H3;2*1H;/q;;;;;+2/p-2. The Labute approximate surface area is 355 Å². The monoisotopic (exact) mass is 893 g/mol. The molecule has 0 aromatic heterocycles. The van der Waals surface area contributed by atoms with Gasteiger partial charge in [0.1, 0.15) is 0 Å². The van der Waals surface area contributed by atoms with E-state index in [4.69, 9.17) is 0 Å². The van der Waals surface area contributed by atoms with Crippen molar-refractivity contribution in [3.05, 3.63) is 155 Å². The summed E-state index contributed by atoms with van der Waals surface area (Å²) in [5.41, 5.74) is 14.0. The van der Waals surface area contributed by atoms with Crippen LogP contribution in [0, 0.1) is 11.8 Å². The number of fused-ring (bicyclic) bond motifs is 4. The molecule has 0 nitrogen and oxygen atoms in total. The number of allylic oxidation sites excluding steroid dienone is 2. The Kier molecular flexibility index (Phi) is 10.7. The molecule has 0 spiro atoms. The predicted octanol–water partition coefficient (Wildman–Crippen LogP) is 16.8. The fourth-order valence-electron chi connectivity index (χ4n) is 12.3. The van der Waals surface area contributed by atoms with Crippen LogP contribution < -0.4 is 0 Å². The topological polar surface area (TPSA) is 0 Å². The van der Waals surface area contributed by atoms with Gasteiger partial charge in [-0.1, -0.05) is 0 Å². The zero-order chi connectivity index (χ0) is 39.5. The van der Waals surface area contributed by atoms with Gasteiger partial charge in [0, 0.05) is 0 Å². The summed E-state index contributed by atoms with van der Waals surface area (Å²) in [5, 5.41) is 5.15. The van der Waals surface area contributed by atoms with Gasteiger partial charge in [-0.05, 0) is 0 Å². The molecular weight excluding hydrogens is 839 g/mol. The van der Waals surface area contributed by atoms with E-state index in [0.29, 0.717) is 11.8 Å². The van der Waals surface area contributed by atoms with Gasteiger partial charge < -0.3 is 0 Å². The molecule has 6 aromatic carbocycles. The first-order chi connectivity index (χ1) is 28.3. The van der Waals surface area contributed by atoms with Crippen LogP contribution in [0.15, 0.2) is 132 Å². The summed E-state index contributed by atoms with van der Waals surface area (Å²) in [7, 11) is 18.5. The quantitative estimate of drug-likeness (QED) is 0.114. The third kappa shape index (κ3) is 6.72. The zero-order valence-electron chi connectivity index (χ0n) is 34.3. The molecule has 4 aliphatic carbocycles. The first-order valence-electron chi connectivity index (χ1n) is 22.5. The molecule has 0 aliphatic heterocycles. The van der Waals surface area contributed by atoms with E-state index in [0.717, 1.165) is 19.3 Å². The second-order valence-electron chi connectivity index (χ2n) is 18.7. The van der Waals surface area contributed by atoms with E-state index in [2.05, 4.69) is 147 Å². The van der Waals surface area contributed by atoms with E-state index >= 15 is 0 Å². The summed E-state index contributed by atoms with van der Waals surface area (Å²) in [6, 6.07) is 47.1. The van der Waals surface area contributed by atoms with Crippen molar-refractivity contribution in [1.29, 1.82) is 0 Å². The molecule has 4 heteroatoms. The van der Waals surface area contributed by atoms with Crippen molar-refractivity contribution in [3.8, 4) is 22.3 Å². The molecule has 0 saturated heterocycles. The molecule has 3 atom stereocenters. The number of halogens is 2. The van der Waals surface area contributed by atoms with Crippen LogP contribution in [0.25, 0.3) is 56.0 Å². The minimum atomic E-state index is -5.08. The minimum absolute atomic E-state index is 0.126. The molecular formula is C54H57Cl2SiZr. The molecule has 2 saturated carbocycles. The van der Waals surface area contributed by atoms with Gasteiger partial charge in [-0.2, -0.15) is 0 Å². The van der Waals surface area contributed by atoms with Crippen molar-refractivity contribution in [2.45, 2.75) is 97.4 Å². The molecule has 3 unspecified atom stereocenters. The van der Waals surface area contributed by atoms with Gasteiger partial charge >= 0.3 is 358 Å². The molecule has 6 aromatic rings. The Morgan fingerprint density at radius 2 is 0.966 bits per heavy atom. The van der Waals surface area contributed by atoms with Gasteiger partial charge in [-0.25, -0.2) is 0 Å². The molecule has 295 valence electrons. The Morgan fingerprint density at radius 3 is 1.40 bits per heavy atom. The Bertz CT molecular complexity index is 2420. The van der Waals surface area contributed by atoms with E-state index in [1.807, 2.05) is 0 Å². The van der Waals surface area contributed by atoms with E-state index < -0.39 is 21.5 Å². The first kappa shape index (κ1) is 39.2. The second-order valence-corrected chi connectivity index (χ2v) is 60.0. The van der Waals surface area contributed by atoms with E-state index in [9.17, 15) is 17.0 Å². The fraction of sp³-hybridized carbons (Fsp3) is 0.333. The molecule has 58 heavy (non-hydrogen) atoms. The molecule has 10 rings (SSSR count). The number of hydrogen-bond donors (Lipinski definition) is 0. The van der Waals surface area contributed by atoms with E-state index in [1.54, 1.807) is 11.1 Å². The van der Waals surface area contributed by atoms with E-state index in [-0.39, 0.29) is 7.25 Å². The van der Waals surface area contributed by atoms with Gasteiger partial charge in [-0.3, -0.25) is 0 Å². The third-order valence-electron chi connectivity index (χ3n) is 15.2. The molecule has 2 fully saturated rings. The Morgan fingerprint density at radius 1 is 0.534 bits per heavy atom. The van der Waals surface area contributed by atoms with Gasteiger partial charge in [0.15, 0.2) is 0 Å². The van der Waals surface area contributed by atoms with Gasteiger partial charge in [0.2, 0.25) is 0 Å². The SMILES string of the molecule is CCC[SiH](C)[Zr]([Cl])([Cl])([CH]1C(CC2CCCC2)=Cc2c(-c3ccc4ccccc4c3)cccc21)[CH]1C(CC2CCCC2)=Cc2c(-c3ccc4ccccc4c3)cccc21. The van der Waals surface area contributed by atoms with Crippen molar-refractivity contribution >= 4 is 56.6 Å². The summed E-state index contributed by atoms with van der Waals surface area (Å²) < 4.78 is 0.252. The second kappa shape index (κ2) is 15.8.